The van der Waals surface area contributed by atoms with Crippen LogP contribution in [0.3, 0.4) is 0 Å². The largest absolute Gasteiger partial charge is 0.363 e. The van der Waals surface area contributed by atoms with E-state index in [1.807, 2.05) is 0 Å². The monoisotopic (exact) mass is 244 g/mol. The Hall–Kier alpha value is -1.02. The van der Waals surface area contributed by atoms with E-state index >= 15 is 0 Å². The quantitative estimate of drug-likeness (QED) is 0.816. The van der Waals surface area contributed by atoms with Gasteiger partial charge in [-0.1, -0.05) is 31.4 Å². The Labute approximate surface area is 110 Å². The smallest absolute Gasteiger partial charge is 0.0526 e. The normalized spacial score (nSPS) is 23.3. The first kappa shape index (κ1) is 12.0. The lowest BCUT2D eigenvalue weighted by Gasteiger charge is -2.51. The van der Waals surface area contributed by atoms with Gasteiger partial charge in [-0.25, -0.2) is 0 Å². The molecule has 1 aliphatic carbocycles. The van der Waals surface area contributed by atoms with Gasteiger partial charge in [0.25, 0.3) is 0 Å². The topological polar surface area (TPSA) is 15.3 Å². The van der Waals surface area contributed by atoms with Crippen molar-refractivity contribution in [3.8, 4) is 0 Å². The van der Waals surface area contributed by atoms with E-state index < -0.39 is 0 Å². The van der Waals surface area contributed by atoms with Gasteiger partial charge >= 0.3 is 0 Å². The molecule has 2 nitrogen and oxygen atoms in total. The SMILES string of the molecule is Cc1cccc(N2CCNCC23CCCCC3)c1. The van der Waals surface area contributed by atoms with Gasteiger partial charge in [0.1, 0.15) is 0 Å². The number of hydrogen-bond acceptors (Lipinski definition) is 2. The van der Waals surface area contributed by atoms with Crippen LogP contribution in [0.5, 0.6) is 0 Å². The summed E-state index contributed by atoms with van der Waals surface area (Å²) in [5, 5.41) is 3.62. The maximum atomic E-state index is 3.62. The summed E-state index contributed by atoms with van der Waals surface area (Å²) in [4.78, 5) is 2.69. The Bertz CT molecular complexity index is 399. The van der Waals surface area contributed by atoms with Gasteiger partial charge < -0.3 is 10.2 Å². The third kappa shape index (κ3) is 2.14. The second kappa shape index (κ2) is 4.93. The van der Waals surface area contributed by atoms with Gasteiger partial charge in [0.15, 0.2) is 0 Å². The molecule has 98 valence electrons. The second-order valence-electron chi connectivity index (χ2n) is 5.95. The molecule has 0 radical (unpaired) electrons. The number of nitrogens with zero attached hydrogens (tertiary/aromatic N) is 1. The maximum absolute atomic E-state index is 3.62. The number of benzene rings is 1. The van der Waals surface area contributed by atoms with Crippen LogP contribution in [0.25, 0.3) is 0 Å². The summed E-state index contributed by atoms with van der Waals surface area (Å²) >= 11 is 0. The summed E-state index contributed by atoms with van der Waals surface area (Å²) in [5.74, 6) is 0. The van der Waals surface area contributed by atoms with Crippen LogP contribution in [0.1, 0.15) is 37.7 Å². The molecule has 3 rings (SSSR count). The summed E-state index contributed by atoms with van der Waals surface area (Å²) in [7, 11) is 0. The van der Waals surface area contributed by atoms with Crippen molar-refractivity contribution in [2.75, 3.05) is 24.5 Å². The lowest BCUT2D eigenvalue weighted by Crippen LogP contribution is -2.62. The highest BCUT2D eigenvalue weighted by Crippen LogP contribution is 2.37. The van der Waals surface area contributed by atoms with E-state index in [1.165, 1.54) is 49.9 Å². The fourth-order valence-corrected chi connectivity index (χ4v) is 3.70. The van der Waals surface area contributed by atoms with Gasteiger partial charge in [0.2, 0.25) is 0 Å². The van der Waals surface area contributed by atoms with Crippen LogP contribution in [-0.4, -0.2) is 25.2 Å². The van der Waals surface area contributed by atoms with Gasteiger partial charge in [-0.15, -0.1) is 0 Å². The number of hydrogen-bond donors (Lipinski definition) is 1. The Kier molecular flexibility index (Phi) is 3.29. The average molecular weight is 244 g/mol. The molecule has 1 saturated heterocycles. The number of aryl methyl sites for hydroxylation is 1. The van der Waals surface area contributed by atoms with Crippen LogP contribution < -0.4 is 10.2 Å². The Morgan fingerprint density at radius 3 is 2.78 bits per heavy atom. The minimum absolute atomic E-state index is 0.393. The van der Waals surface area contributed by atoms with Crippen molar-refractivity contribution in [3.05, 3.63) is 29.8 Å². The summed E-state index contributed by atoms with van der Waals surface area (Å²) in [5.41, 5.74) is 3.19. The Morgan fingerprint density at radius 1 is 1.17 bits per heavy atom. The highest BCUT2D eigenvalue weighted by molar-refractivity contribution is 5.52. The fraction of sp³-hybridized carbons (Fsp3) is 0.625. The standard InChI is InChI=1S/C16H24N2/c1-14-6-5-7-15(12-14)18-11-10-17-13-16(18)8-3-2-4-9-16/h5-7,12,17H,2-4,8-11,13H2,1H3. The highest BCUT2D eigenvalue weighted by atomic mass is 15.3. The van der Waals surface area contributed by atoms with E-state index in [0.29, 0.717) is 5.54 Å². The molecule has 0 bridgehead atoms. The molecule has 1 saturated carbocycles. The second-order valence-corrected chi connectivity index (χ2v) is 5.95. The maximum Gasteiger partial charge on any atom is 0.0526 e. The molecule has 0 aromatic heterocycles. The van der Waals surface area contributed by atoms with Crippen LogP contribution in [0.4, 0.5) is 5.69 Å². The van der Waals surface area contributed by atoms with E-state index in [4.69, 9.17) is 0 Å². The van der Waals surface area contributed by atoms with Crippen molar-refractivity contribution in [2.45, 2.75) is 44.6 Å². The lowest BCUT2D eigenvalue weighted by atomic mass is 9.78. The molecule has 1 N–H and O–H groups in total. The van der Waals surface area contributed by atoms with Crippen LogP contribution in [-0.2, 0) is 0 Å². The van der Waals surface area contributed by atoms with Crippen molar-refractivity contribution in [2.24, 2.45) is 0 Å². The van der Waals surface area contributed by atoms with Crippen molar-refractivity contribution < 1.29 is 0 Å². The van der Waals surface area contributed by atoms with Gasteiger partial charge in [0.05, 0.1) is 5.54 Å². The molecule has 1 heterocycles. The molecule has 1 aromatic rings. The zero-order valence-corrected chi connectivity index (χ0v) is 11.4. The van der Waals surface area contributed by atoms with E-state index in [1.54, 1.807) is 0 Å². The molecule has 0 atom stereocenters. The van der Waals surface area contributed by atoms with Crippen LogP contribution in [0, 0.1) is 6.92 Å². The third-order valence-corrected chi connectivity index (χ3v) is 4.64. The molecular weight excluding hydrogens is 220 g/mol. The molecule has 1 spiro atoms. The number of nitrogens with one attached hydrogen (secondary N) is 1. The number of rotatable bonds is 1. The number of piperazine rings is 1. The van der Waals surface area contributed by atoms with Gasteiger partial charge in [-0.2, -0.15) is 0 Å². The minimum atomic E-state index is 0.393. The van der Waals surface area contributed by atoms with Crippen LogP contribution >= 0.6 is 0 Å². The van der Waals surface area contributed by atoms with Crippen molar-refractivity contribution in [1.82, 2.24) is 5.32 Å². The predicted octanol–water partition coefficient (Wildman–Crippen LogP) is 3.11. The zero-order valence-electron chi connectivity index (χ0n) is 11.4. The van der Waals surface area contributed by atoms with E-state index in [0.717, 1.165) is 13.1 Å². The minimum Gasteiger partial charge on any atom is -0.363 e. The first-order valence-corrected chi connectivity index (χ1v) is 7.35. The molecule has 1 aliphatic heterocycles. The molecular formula is C16H24N2. The molecule has 1 aromatic carbocycles. The summed E-state index contributed by atoms with van der Waals surface area (Å²) in [6, 6.07) is 9.03. The van der Waals surface area contributed by atoms with E-state index in [-0.39, 0.29) is 0 Å². The Morgan fingerprint density at radius 2 is 2.00 bits per heavy atom. The van der Waals surface area contributed by atoms with Gasteiger partial charge in [0, 0.05) is 25.3 Å². The number of anilines is 1. The first-order valence-electron chi connectivity index (χ1n) is 7.35. The molecule has 18 heavy (non-hydrogen) atoms. The zero-order chi connectivity index (χ0) is 12.4. The van der Waals surface area contributed by atoms with Gasteiger partial charge in [-0.3, -0.25) is 0 Å². The molecule has 0 amide bonds. The summed E-state index contributed by atoms with van der Waals surface area (Å²) < 4.78 is 0. The van der Waals surface area contributed by atoms with Crippen molar-refractivity contribution >= 4 is 5.69 Å². The van der Waals surface area contributed by atoms with E-state index in [2.05, 4.69) is 41.4 Å². The Balaban J connectivity index is 1.91. The van der Waals surface area contributed by atoms with Crippen molar-refractivity contribution in [1.29, 1.82) is 0 Å². The third-order valence-electron chi connectivity index (χ3n) is 4.64. The molecule has 2 fully saturated rings. The molecule has 0 unspecified atom stereocenters. The summed E-state index contributed by atoms with van der Waals surface area (Å²) in [6.07, 6.45) is 6.92. The first-order chi connectivity index (χ1) is 8.80. The van der Waals surface area contributed by atoms with E-state index in [9.17, 15) is 0 Å². The predicted molar refractivity (Wildman–Crippen MR) is 77.2 cm³/mol. The average Bonchev–Trinajstić information content (AvgIpc) is 2.40. The fourth-order valence-electron chi connectivity index (χ4n) is 3.70. The van der Waals surface area contributed by atoms with Crippen LogP contribution in [0.2, 0.25) is 0 Å². The lowest BCUT2D eigenvalue weighted by molar-refractivity contribution is 0.241. The highest BCUT2D eigenvalue weighted by Gasteiger charge is 2.39. The molecule has 2 aliphatic rings. The summed E-state index contributed by atoms with van der Waals surface area (Å²) in [6.45, 7) is 5.64. The van der Waals surface area contributed by atoms with Crippen LogP contribution in [0.15, 0.2) is 24.3 Å². The van der Waals surface area contributed by atoms with Crippen molar-refractivity contribution in [3.63, 3.8) is 0 Å². The molecule has 2 heteroatoms. The van der Waals surface area contributed by atoms with Gasteiger partial charge in [-0.05, 0) is 37.5 Å².